The van der Waals surface area contributed by atoms with Gasteiger partial charge >= 0.3 is 0 Å². The van der Waals surface area contributed by atoms with Crippen molar-refractivity contribution in [1.82, 2.24) is 10.2 Å². The monoisotopic (exact) mass is 183 g/mol. The third kappa shape index (κ3) is 1.44. The Hall–Kier alpha value is -0.610. The number of carbonyl (C=O) groups excluding carboxylic acids is 1. The Bertz CT molecular complexity index is 227. The van der Waals surface area contributed by atoms with Crippen molar-refractivity contribution in [2.75, 3.05) is 26.2 Å². The molecule has 2 aliphatic rings. The van der Waals surface area contributed by atoms with E-state index in [1.165, 1.54) is 0 Å². The second kappa shape index (κ2) is 2.96. The minimum Gasteiger partial charge on any atom is -0.369 e. The van der Waals surface area contributed by atoms with Gasteiger partial charge in [0.05, 0.1) is 5.41 Å². The van der Waals surface area contributed by atoms with Gasteiger partial charge in [0.15, 0.2) is 0 Å². The molecule has 0 aromatic rings. The fourth-order valence-corrected chi connectivity index (χ4v) is 2.04. The maximum atomic E-state index is 11.2. The molecular formula is C9H17N3O. The number of likely N-dealkylation sites (tertiary alicyclic amines) is 1. The Kier molecular flexibility index (Phi) is 2.04. The molecular weight excluding hydrogens is 166 g/mol. The van der Waals surface area contributed by atoms with E-state index < -0.39 is 0 Å². The standard InChI is InChI=1S/C9H17N3O/c1-9(8(10)13)2-3-12(6-9)7-4-11-5-7/h7,11H,2-6H2,1H3,(H2,10,13). The van der Waals surface area contributed by atoms with Gasteiger partial charge in [0, 0.05) is 25.7 Å². The molecule has 0 aromatic heterocycles. The topological polar surface area (TPSA) is 58.4 Å². The Labute approximate surface area is 78.5 Å². The van der Waals surface area contributed by atoms with Crippen LogP contribution in [0.4, 0.5) is 0 Å². The molecule has 1 amide bonds. The molecule has 0 saturated carbocycles. The van der Waals surface area contributed by atoms with Gasteiger partial charge in [-0.1, -0.05) is 0 Å². The van der Waals surface area contributed by atoms with E-state index in [1.807, 2.05) is 6.92 Å². The maximum Gasteiger partial charge on any atom is 0.224 e. The zero-order chi connectivity index (χ0) is 9.47. The van der Waals surface area contributed by atoms with Crippen LogP contribution in [0.2, 0.25) is 0 Å². The molecule has 2 saturated heterocycles. The number of primary amides is 1. The van der Waals surface area contributed by atoms with Crippen molar-refractivity contribution >= 4 is 5.91 Å². The zero-order valence-electron chi connectivity index (χ0n) is 8.05. The minimum absolute atomic E-state index is 0.151. The summed E-state index contributed by atoms with van der Waals surface area (Å²) in [5, 5.41) is 3.24. The van der Waals surface area contributed by atoms with Crippen LogP contribution in [0, 0.1) is 5.41 Å². The maximum absolute atomic E-state index is 11.2. The Balaban J connectivity index is 1.96. The van der Waals surface area contributed by atoms with E-state index >= 15 is 0 Å². The molecule has 0 bridgehead atoms. The molecule has 0 aliphatic carbocycles. The summed E-state index contributed by atoms with van der Waals surface area (Å²) < 4.78 is 0. The Morgan fingerprint density at radius 3 is 2.69 bits per heavy atom. The number of amides is 1. The lowest BCUT2D eigenvalue weighted by molar-refractivity contribution is -0.126. The second-order valence-electron chi connectivity index (χ2n) is 4.46. The highest BCUT2D eigenvalue weighted by atomic mass is 16.1. The van der Waals surface area contributed by atoms with E-state index in [0.29, 0.717) is 6.04 Å². The van der Waals surface area contributed by atoms with Gasteiger partial charge in [-0.15, -0.1) is 0 Å². The van der Waals surface area contributed by atoms with Crippen molar-refractivity contribution in [2.45, 2.75) is 19.4 Å². The van der Waals surface area contributed by atoms with E-state index in [9.17, 15) is 4.79 Å². The summed E-state index contributed by atoms with van der Waals surface area (Å²) in [5.41, 5.74) is 5.09. The molecule has 2 fully saturated rings. The first-order valence-electron chi connectivity index (χ1n) is 4.86. The van der Waals surface area contributed by atoms with Crippen LogP contribution in [-0.2, 0) is 4.79 Å². The van der Waals surface area contributed by atoms with Crippen LogP contribution in [0.25, 0.3) is 0 Å². The number of carbonyl (C=O) groups is 1. The summed E-state index contributed by atoms with van der Waals surface area (Å²) in [4.78, 5) is 13.6. The molecule has 0 radical (unpaired) electrons. The molecule has 0 aromatic carbocycles. The van der Waals surface area contributed by atoms with Crippen LogP contribution < -0.4 is 11.1 Å². The van der Waals surface area contributed by atoms with E-state index in [2.05, 4.69) is 10.2 Å². The molecule has 3 N–H and O–H groups in total. The summed E-state index contributed by atoms with van der Waals surface area (Å²) >= 11 is 0. The Morgan fingerprint density at radius 1 is 1.62 bits per heavy atom. The first-order valence-corrected chi connectivity index (χ1v) is 4.86. The quantitative estimate of drug-likeness (QED) is 0.586. The van der Waals surface area contributed by atoms with E-state index in [1.54, 1.807) is 0 Å². The number of nitrogens with zero attached hydrogens (tertiary/aromatic N) is 1. The summed E-state index contributed by atoms with van der Waals surface area (Å²) in [6.45, 7) is 5.96. The van der Waals surface area contributed by atoms with E-state index in [4.69, 9.17) is 5.73 Å². The highest BCUT2D eigenvalue weighted by molar-refractivity contribution is 5.81. The smallest absolute Gasteiger partial charge is 0.224 e. The Morgan fingerprint density at radius 2 is 2.31 bits per heavy atom. The number of rotatable bonds is 2. The molecule has 2 heterocycles. The van der Waals surface area contributed by atoms with Crippen molar-refractivity contribution in [2.24, 2.45) is 11.1 Å². The fourth-order valence-electron chi connectivity index (χ4n) is 2.04. The molecule has 4 heteroatoms. The van der Waals surface area contributed by atoms with Gasteiger partial charge in [-0.3, -0.25) is 9.69 Å². The third-order valence-corrected chi connectivity index (χ3v) is 3.37. The lowest BCUT2D eigenvalue weighted by Crippen LogP contribution is -2.57. The predicted molar refractivity (Wildman–Crippen MR) is 50.1 cm³/mol. The van der Waals surface area contributed by atoms with Gasteiger partial charge in [-0.25, -0.2) is 0 Å². The molecule has 1 atom stereocenters. The van der Waals surface area contributed by atoms with Gasteiger partial charge in [-0.2, -0.15) is 0 Å². The highest BCUT2D eigenvalue weighted by Crippen LogP contribution is 2.31. The average Bonchev–Trinajstić information content (AvgIpc) is 2.30. The number of nitrogens with one attached hydrogen (secondary N) is 1. The third-order valence-electron chi connectivity index (χ3n) is 3.37. The predicted octanol–water partition coefficient (Wildman–Crippen LogP) is -0.844. The lowest BCUT2D eigenvalue weighted by Gasteiger charge is -2.36. The summed E-state index contributed by atoms with van der Waals surface area (Å²) in [6, 6.07) is 0.640. The molecule has 74 valence electrons. The molecule has 4 nitrogen and oxygen atoms in total. The first kappa shape index (κ1) is 8.97. The van der Waals surface area contributed by atoms with Gasteiger partial charge in [0.25, 0.3) is 0 Å². The van der Waals surface area contributed by atoms with Gasteiger partial charge < -0.3 is 11.1 Å². The van der Waals surface area contributed by atoms with Crippen LogP contribution in [0.5, 0.6) is 0 Å². The van der Waals surface area contributed by atoms with Gasteiger partial charge in [0.1, 0.15) is 0 Å². The largest absolute Gasteiger partial charge is 0.369 e. The SMILES string of the molecule is CC1(C(N)=O)CCN(C2CNC2)C1. The lowest BCUT2D eigenvalue weighted by atomic mass is 9.89. The van der Waals surface area contributed by atoms with Crippen molar-refractivity contribution in [3.05, 3.63) is 0 Å². The van der Waals surface area contributed by atoms with E-state index in [0.717, 1.165) is 32.6 Å². The van der Waals surface area contributed by atoms with Gasteiger partial charge in [-0.05, 0) is 19.9 Å². The number of nitrogens with two attached hydrogens (primary N) is 1. The van der Waals surface area contributed by atoms with Crippen molar-refractivity contribution in [3.8, 4) is 0 Å². The highest BCUT2D eigenvalue weighted by Gasteiger charge is 2.42. The molecule has 0 spiro atoms. The van der Waals surface area contributed by atoms with Crippen molar-refractivity contribution in [3.63, 3.8) is 0 Å². The molecule has 1 unspecified atom stereocenters. The second-order valence-corrected chi connectivity index (χ2v) is 4.46. The molecule has 13 heavy (non-hydrogen) atoms. The van der Waals surface area contributed by atoms with Gasteiger partial charge in [0.2, 0.25) is 5.91 Å². The van der Waals surface area contributed by atoms with Crippen molar-refractivity contribution < 1.29 is 4.79 Å². The first-order chi connectivity index (χ1) is 6.12. The van der Waals surface area contributed by atoms with E-state index in [-0.39, 0.29) is 11.3 Å². The zero-order valence-corrected chi connectivity index (χ0v) is 8.05. The van der Waals surface area contributed by atoms with Crippen LogP contribution in [-0.4, -0.2) is 43.0 Å². The number of hydrogen-bond acceptors (Lipinski definition) is 3. The van der Waals surface area contributed by atoms with Crippen molar-refractivity contribution in [1.29, 1.82) is 0 Å². The van der Waals surface area contributed by atoms with Crippen LogP contribution in [0.15, 0.2) is 0 Å². The normalized spacial score (nSPS) is 36.1. The molecule has 2 rings (SSSR count). The summed E-state index contributed by atoms with van der Waals surface area (Å²) in [5.74, 6) is -0.151. The summed E-state index contributed by atoms with van der Waals surface area (Å²) in [7, 11) is 0. The number of hydrogen-bond donors (Lipinski definition) is 2. The fraction of sp³-hybridized carbons (Fsp3) is 0.889. The summed E-state index contributed by atoms with van der Waals surface area (Å²) in [6.07, 6.45) is 0.916. The minimum atomic E-state index is -0.282. The molecule has 2 aliphatic heterocycles. The van der Waals surface area contributed by atoms with Crippen LogP contribution in [0.3, 0.4) is 0 Å². The van der Waals surface area contributed by atoms with Crippen LogP contribution in [0.1, 0.15) is 13.3 Å². The average molecular weight is 183 g/mol. The van der Waals surface area contributed by atoms with Crippen LogP contribution >= 0.6 is 0 Å².